The van der Waals surface area contributed by atoms with Crippen molar-refractivity contribution in [2.24, 2.45) is 23.5 Å². The lowest BCUT2D eigenvalue weighted by Crippen LogP contribution is -2.48. The van der Waals surface area contributed by atoms with Gasteiger partial charge in [-0.2, -0.15) is 0 Å². The molecule has 3 aliphatic rings. The maximum atomic E-state index is 14.2. The number of nitrogens with two attached hydrogens (primary N) is 1. The van der Waals surface area contributed by atoms with E-state index in [0.717, 1.165) is 44.9 Å². The van der Waals surface area contributed by atoms with Gasteiger partial charge in [-0.3, -0.25) is 4.79 Å². The molecule has 2 bridgehead atoms. The van der Waals surface area contributed by atoms with Gasteiger partial charge in [-0.25, -0.2) is 4.39 Å². The SMILES string of the molecule is NC1C2CCCC1CC(C(=O)Nc1ccc(OC3CCC3)c(F)c1)C2. The first-order chi connectivity index (χ1) is 12.1. The van der Waals surface area contributed by atoms with Crippen molar-refractivity contribution in [1.29, 1.82) is 0 Å². The Balaban J connectivity index is 1.38. The Morgan fingerprint density at radius 2 is 1.80 bits per heavy atom. The molecule has 0 aromatic heterocycles. The predicted molar refractivity (Wildman–Crippen MR) is 94.8 cm³/mol. The molecule has 3 fully saturated rings. The van der Waals surface area contributed by atoms with Crippen LogP contribution in [0.3, 0.4) is 0 Å². The van der Waals surface area contributed by atoms with Gasteiger partial charge in [0.1, 0.15) is 0 Å². The fourth-order valence-corrected chi connectivity index (χ4v) is 4.59. The molecule has 0 radical (unpaired) electrons. The van der Waals surface area contributed by atoms with Crippen LogP contribution in [-0.4, -0.2) is 18.1 Å². The van der Waals surface area contributed by atoms with Crippen LogP contribution in [0.2, 0.25) is 0 Å². The van der Waals surface area contributed by atoms with Crippen molar-refractivity contribution in [3.63, 3.8) is 0 Å². The lowest BCUT2D eigenvalue weighted by Gasteiger charge is -2.43. The molecule has 25 heavy (non-hydrogen) atoms. The third kappa shape index (κ3) is 3.52. The summed E-state index contributed by atoms with van der Waals surface area (Å²) in [6, 6.07) is 4.96. The van der Waals surface area contributed by atoms with Crippen LogP contribution >= 0.6 is 0 Å². The zero-order chi connectivity index (χ0) is 17.4. The summed E-state index contributed by atoms with van der Waals surface area (Å²) in [5.74, 6) is 0.768. The van der Waals surface area contributed by atoms with E-state index in [9.17, 15) is 9.18 Å². The number of carbonyl (C=O) groups is 1. The molecule has 3 aliphatic carbocycles. The molecule has 1 aromatic carbocycles. The molecular weight excluding hydrogens is 319 g/mol. The van der Waals surface area contributed by atoms with Gasteiger partial charge in [-0.05, 0) is 68.9 Å². The Morgan fingerprint density at radius 3 is 2.40 bits per heavy atom. The van der Waals surface area contributed by atoms with Gasteiger partial charge >= 0.3 is 0 Å². The average molecular weight is 346 g/mol. The zero-order valence-corrected chi connectivity index (χ0v) is 14.5. The second kappa shape index (κ2) is 6.94. The fourth-order valence-electron chi connectivity index (χ4n) is 4.59. The summed E-state index contributed by atoms with van der Waals surface area (Å²) >= 11 is 0. The van der Waals surface area contributed by atoms with Gasteiger partial charge < -0.3 is 15.8 Å². The molecule has 136 valence electrons. The first-order valence-corrected chi connectivity index (χ1v) is 9.63. The highest BCUT2D eigenvalue weighted by molar-refractivity contribution is 5.92. The molecular formula is C20H27FN2O2. The highest BCUT2D eigenvalue weighted by Gasteiger charge is 2.40. The van der Waals surface area contributed by atoms with E-state index in [0.29, 0.717) is 17.5 Å². The van der Waals surface area contributed by atoms with Gasteiger partial charge in [0, 0.05) is 23.7 Å². The predicted octanol–water partition coefficient (Wildman–Crippen LogP) is 3.85. The molecule has 5 heteroatoms. The van der Waals surface area contributed by atoms with Crippen molar-refractivity contribution in [1.82, 2.24) is 0 Å². The normalized spacial score (nSPS) is 31.9. The molecule has 2 unspecified atom stereocenters. The van der Waals surface area contributed by atoms with E-state index in [1.54, 1.807) is 12.1 Å². The van der Waals surface area contributed by atoms with E-state index < -0.39 is 5.82 Å². The molecule has 2 atom stereocenters. The summed E-state index contributed by atoms with van der Waals surface area (Å²) in [6.07, 6.45) is 8.46. The van der Waals surface area contributed by atoms with Crippen molar-refractivity contribution in [2.75, 3.05) is 5.32 Å². The standard InChI is InChI=1S/C20H27FN2O2/c21-17-11-15(7-8-18(17)25-16-5-2-6-16)23-20(24)14-9-12-3-1-4-13(10-14)19(12)22/h7-8,11-14,16,19H,1-6,9-10,22H2,(H,23,24). The van der Waals surface area contributed by atoms with Crippen molar-refractivity contribution in [3.8, 4) is 5.75 Å². The maximum absolute atomic E-state index is 14.2. The fraction of sp³-hybridized carbons (Fsp3) is 0.650. The number of fused-ring (bicyclic) bond motifs is 2. The molecule has 3 saturated carbocycles. The lowest BCUT2D eigenvalue weighted by molar-refractivity contribution is -0.122. The third-order valence-corrected chi connectivity index (χ3v) is 6.33. The van der Waals surface area contributed by atoms with Gasteiger partial charge in [-0.1, -0.05) is 6.42 Å². The van der Waals surface area contributed by atoms with Crippen LogP contribution in [0.1, 0.15) is 51.4 Å². The minimum absolute atomic E-state index is 0.00383. The summed E-state index contributed by atoms with van der Waals surface area (Å²) in [6.45, 7) is 0. The Hall–Kier alpha value is -1.62. The number of rotatable bonds is 4. The van der Waals surface area contributed by atoms with E-state index >= 15 is 0 Å². The van der Waals surface area contributed by atoms with Crippen LogP contribution in [0.4, 0.5) is 10.1 Å². The molecule has 4 rings (SSSR count). The number of hydrogen-bond acceptors (Lipinski definition) is 3. The monoisotopic (exact) mass is 346 g/mol. The van der Waals surface area contributed by atoms with Gasteiger partial charge in [0.25, 0.3) is 0 Å². The van der Waals surface area contributed by atoms with E-state index in [4.69, 9.17) is 10.5 Å². The molecule has 0 heterocycles. The number of ether oxygens (including phenoxy) is 1. The minimum atomic E-state index is -0.410. The number of carbonyl (C=O) groups excluding carboxylic acids is 1. The van der Waals surface area contributed by atoms with E-state index in [2.05, 4.69) is 5.32 Å². The summed E-state index contributed by atoms with van der Waals surface area (Å²) in [5.41, 5.74) is 6.80. The average Bonchev–Trinajstić information content (AvgIpc) is 2.52. The Kier molecular flexibility index (Phi) is 4.67. The van der Waals surface area contributed by atoms with Crippen LogP contribution in [0.5, 0.6) is 5.75 Å². The Bertz CT molecular complexity index is 633. The minimum Gasteiger partial charge on any atom is -0.487 e. The van der Waals surface area contributed by atoms with Crippen LogP contribution in [0.25, 0.3) is 0 Å². The van der Waals surface area contributed by atoms with Crippen LogP contribution in [0.15, 0.2) is 18.2 Å². The summed E-state index contributed by atoms with van der Waals surface area (Å²) in [7, 11) is 0. The number of benzene rings is 1. The van der Waals surface area contributed by atoms with Crippen LogP contribution in [-0.2, 0) is 4.79 Å². The quantitative estimate of drug-likeness (QED) is 0.870. The van der Waals surface area contributed by atoms with Crippen molar-refractivity contribution < 1.29 is 13.9 Å². The van der Waals surface area contributed by atoms with E-state index in [1.165, 1.54) is 12.5 Å². The molecule has 0 saturated heterocycles. The van der Waals surface area contributed by atoms with Gasteiger partial charge in [0.15, 0.2) is 11.6 Å². The third-order valence-electron chi connectivity index (χ3n) is 6.33. The van der Waals surface area contributed by atoms with Gasteiger partial charge in [0.2, 0.25) is 5.91 Å². The van der Waals surface area contributed by atoms with Crippen LogP contribution < -0.4 is 15.8 Å². The lowest BCUT2D eigenvalue weighted by atomic mass is 9.65. The second-order valence-corrected chi connectivity index (χ2v) is 8.00. The molecule has 1 aromatic rings. The Morgan fingerprint density at radius 1 is 1.12 bits per heavy atom. The summed E-state index contributed by atoms with van der Waals surface area (Å²) < 4.78 is 19.8. The van der Waals surface area contributed by atoms with Crippen LogP contribution in [0, 0.1) is 23.6 Å². The van der Waals surface area contributed by atoms with E-state index in [1.807, 2.05) is 0 Å². The molecule has 0 aliphatic heterocycles. The van der Waals surface area contributed by atoms with Gasteiger partial charge in [-0.15, -0.1) is 0 Å². The first kappa shape index (κ1) is 16.8. The number of halogens is 1. The first-order valence-electron chi connectivity index (χ1n) is 9.63. The van der Waals surface area contributed by atoms with Gasteiger partial charge in [0.05, 0.1) is 6.10 Å². The molecule has 1 amide bonds. The number of anilines is 1. The largest absolute Gasteiger partial charge is 0.487 e. The molecule has 3 N–H and O–H groups in total. The molecule has 0 spiro atoms. The highest BCUT2D eigenvalue weighted by Crippen LogP contribution is 2.42. The smallest absolute Gasteiger partial charge is 0.227 e. The van der Waals surface area contributed by atoms with Crippen molar-refractivity contribution >= 4 is 11.6 Å². The Labute approximate surface area is 148 Å². The van der Waals surface area contributed by atoms with Crippen molar-refractivity contribution in [3.05, 3.63) is 24.0 Å². The maximum Gasteiger partial charge on any atom is 0.227 e. The number of amides is 1. The highest BCUT2D eigenvalue weighted by atomic mass is 19.1. The number of hydrogen-bond donors (Lipinski definition) is 2. The van der Waals surface area contributed by atoms with E-state index in [-0.39, 0.29) is 29.7 Å². The second-order valence-electron chi connectivity index (χ2n) is 8.00. The molecule has 4 nitrogen and oxygen atoms in total. The zero-order valence-electron chi connectivity index (χ0n) is 14.5. The summed E-state index contributed by atoms with van der Waals surface area (Å²) in [5, 5.41) is 2.89. The topological polar surface area (TPSA) is 64.4 Å². The van der Waals surface area contributed by atoms with Crippen molar-refractivity contribution in [2.45, 2.75) is 63.5 Å². The summed E-state index contributed by atoms with van der Waals surface area (Å²) in [4.78, 5) is 12.6. The number of nitrogens with one attached hydrogen (secondary N) is 1.